The summed E-state index contributed by atoms with van der Waals surface area (Å²) in [5, 5.41) is 0.0134. The summed E-state index contributed by atoms with van der Waals surface area (Å²) in [5.41, 5.74) is 0.532. The van der Waals surface area contributed by atoms with Crippen molar-refractivity contribution in [2.45, 2.75) is 97.0 Å². The smallest absolute Gasteiger partial charge is 0.240 e. The van der Waals surface area contributed by atoms with E-state index in [1.165, 1.54) is 16.4 Å². The summed E-state index contributed by atoms with van der Waals surface area (Å²) in [4.78, 5) is 13.2. The number of sulfonamides is 1. The molecule has 1 aliphatic heterocycles. The molecule has 5 nitrogen and oxygen atoms in total. The van der Waals surface area contributed by atoms with Gasteiger partial charge >= 0.3 is 0 Å². The summed E-state index contributed by atoms with van der Waals surface area (Å²) >= 11 is 0. The fraction of sp³-hybridized carbons (Fsp3) is 0.679. The summed E-state index contributed by atoms with van der Waals surface area (Å²) in [6.45, 7) is 15.3. The van der Waals surface area contributed by atoms with E-state index in [2.05, 4.69) is 47.7 Å². The van der Waals surface area contributed by atoms with Crippen molar-refractivity contribution in [3.05, 3.63) is 47.8 Å². The highest BCUT2D eigenvalue weighted by Crippen LogP contribution is 2.70. The Hall–Kier alpha value is -1.51. The van der Waals surface area contributed by atoms with Gasteiger partial charge in [0, 0.05) is 11.8 Å². The SMILES string of the molecule is CC1(C)C2CCC13CS(=O)(=O)N(C(=O)CC=CC[C@H](O[Si](C)(C)C(C)(C)C)c1ccc(F)cc1)C3C2. The third kappa shape index (κ3) is 4.51. The first-order valence-electron chi connectivity index (χ1n) is 13.2. The van der Waals surface area contributed by atoms with Gasteiger partial charge in [-0.05, 0) is 72.8 Å². The first-order chi connectivity index (χ1) is 16.5. The largest absolute Gasteiger partial charge is 0.410 e. The summed E-state index contributed by atoms with van der Waals surface area (Å²) in [5.74, 6) is -0.0522. The number of rotatable bonds is 7. The lowest BCUT2D eigenvalue weighted by Crippen LogP contribution is -2.44. The fourth-order valence-corrected chi connectivity index (χ4v) is 10.4. The van der Waals surface area contributed by atoms with E-state index in [0.717, 1.165) is 24.8 Å². The van der Waals surface area contributed by atoms with Crippen LogP contribution in [0, 0.1) is 22.6 Å². The Labute approximate surface area is 217 Å². The van der Waals surface area contributed by atoms with Crippen molar-refractivity contribution in [1.29, 1.82) is 0 Å². The second-order valence-electron chi connectivity index (χ2n) is 13.1. The molecule has 2 bridgehead atoms. The molecule has 1 spiro atoms. The predicted octanol–water partition coefficient (Wildman–Crippen LogP) is 6.59. The van der Waals surface area contributed by atoms with E-state index in [4.69, 9.17) is 4.43 Å². The Kier molecular flexibility index (Phi) is 6.92. The van der Waals surface area contributed by atoms with E-state index in [-0.39, 0.29) is 51.9 Å². The molecule has 3 unspecified atom stereocenters. The van der Waals surface area contributed by atoms with Crippen molar-refractivity contribution in [3.8, 4) is 0 Å². The molecule has 0 N–H and O–H groups in total. The first-order valence-corrected chi connectivity index (χ1v) is 17.7. The molecule has 1 amide bonds. The second-order valence-corrected chi connectivity index (χ2v) is 19.7. The zero-order valence-corrected chi connectivity index (χ0v) is 24.6. The lowest BCUT2D eigenvalue weighted by atomic mass is 9.69. The first kappa shape index (κ1) is 27.5. The molecule has 4 atom stereocenters. The van der Waals surface area contributed by atoms with Crippen LogP contribution in [-0.4, -0.2) is 38.7 Å². The second kappa shape index (κ2) is 9.05. The van der Waals surface area contributed by atoms with Gasteiger partial charge in [-0.1, -0.05) is 58.9 Å². The molecular weight excluding hydrogens is 493 g/mol. The van der Waals surface area contributed by atoms with Crippen LogP contribution in [0.5, 0.6) is 0 Å². The minimum Gasteiger partial charge on any atom is -0.410 e. The molecule has 8 heteroatoms. The van der Waals surface area contributed by atoms with Gasteiger partial charge in [-0.3, -0.25) is 4.79 Å². The van der Waals surface area contributed by atoms with Crippen LogP contribution in [0.25, 0.3) is 0 Å². The third-order valence-corrected chi connectivity index (χ3v) is 16.4. The van der Waals surface area contributed by atoms with Gasteiger partial charge in [-0.2, -0.15) is 0 Å². The van der Waals surface area contributed by atoms with Crippen LogP contribution in [0.1, 0.15) is 78.4 Å². The molecule has 0 aromatic heterocycles. The lowest BCUT2D eigenvalue weighted by molar-refractivity contribution is -0.128. The normalized spacial score (nSPS) is 29.6. The van der Waals surface area contributed by atoms with Crippen LogP contribution in [-0.2, 0) is 19.2 Å². The van der Waals surface area contributed by atoms with Crippen molar-refractivity contribution >= 4 is 24.2 Å². The van der Waals surface area contributed by atoms with Crippen LogP contribution in [0.4, 0.5) is 4.39 Å². The zero-order valence-electron chi connectivity index (χ0n) is 22.8. The zero-order chi connectivity index (χ0) is 26.7. The topological polar surface area (TPSA) is 63.7 Å². The Morgan fingerprint density at radius 2 is 1.86 bits per heavy atom. The maximum absolute atomic E-state index is 13.5. The molecule has 4 rings (SSSR count). The van der Waals surface area contributed by atoms with Gasteiger partial charge in [0.15, 0.2) is 8.32 Å². The van der Waals surface area contributed by atoms with Crippen LogP contribution >= 0.6 is 0 Å². The van der Waals surface area contributed by atoms with Crippen LogP contribution in [0.3, 0.4) is 0 Å². The standard InChI is InChI=1S/C28H42FNO4SSi/c1-26(2,3)36(6,7)34-23(20-12-14-22(29)15-13-20)10-8-9-11-25(31)30-24-18-21-16-17-28(24,27(21,4)5)19-35(30,32)33/h8-9,12-15,21,23-24H,10-11,16-19H2,1-7H3/t21?,23-,24?,28?/m0/s1. The summed E-state index contributed by atoms with van der Waals surface area (Å²) < 4.78 is 47.7. The molecule has 1 aromatic carbocycles. The van der Waals surface area contributed by atoms with Crippen molar-refractivity contribution in [3.63, 3.8) is 0 Å². The molecule has 1 saturated heterocycles. The van der Waals surface area contributed by atoms with Crippen molar-refractivity contribution in [2.24, 2.45) is 16.7 Å². The van der Waals surface area contributed by atoms with E-state index < -0.39 is 18.3 Å². The van der Waals surface area contributed by atoms with E-state index in [1.807, 2.05) is 6.08 Å². The molecule has 2 aliphatic carbocycles. The molecule has 1 heterocycles. The van der Waals surface area contributed by atoms with Crippen molar-refractivity contribution in [1.82, 2.24) is 4.31 Å². The Balaban J connectivity index is 1.47. The number of hydrogen-bond donors (Lipinski definition) is 0. The van der Waals surface area contributed by atoms with Gasteiger partial charge in [0.1, 0.15) is 5.82 Å². The monoisotopic (exact) mass is 535 g/mol. The number of halogens is 1. The van der Waals surface area contributed by atoms with Gasteiger partial charge in [-0.25, -0.2) is 17.1 Å². The number of carbonyl (C=O) groups is 1. The van der Waals surface area contributed by atoms with Crippen LogP contribution in [0.2, 0.25) is 18.1 Å². The van der Waals surface area contributed by atoms with Crippen molar-refractivity contribution in [2.75, 3.05) is 5.75 Å². The van der Waals surface area contributed by atoms with E-state index in [1.54, 1.807) is 18.2 Å². The summed E-state index contributed by atoms with van der Waals surface area (Å²) in [7, 11) is -5.71. The summed E-state index contributed by atoms with van der Waals surface area (Å²) in [6, 6.07) is 6.18. The molecule has 0 radical (unpaired) electrons. The molecule has 1 aromatic rings. The van der Waals surface area contributed by atoms with E-state index in [0.29, 0.717) is 12.3 Å². The molecule has 200 valence electrons. The Morgan fingerprint density at radius 1 is 1.22 bits per heavy atom. The number of amides is 1. The predicted molar refractivity (Wildman–Crippen MR) is 144 cm³/mol. The van der Waals surface area contributed by atoms with Crippen LogP contribution in [0.15, 0.2) is 36.4 Å². The van der Waals surface area contributed by atoms with Gasteiger partial charge < -0.3 is 4.43 Å². The minimum atomic E-state index is -3.61. The average Bonchev–Trinajstić information content (AvgIpc) is 3.23. The molecule has 3 aliphatic rings. The Bertz CT molecular complexity index is 1140. The maximum atomic E-state index is 13.5. The number of hydrogen-bond acceptors (Lipinski definition) is 4. The van der Waals surface area contributed by atoms with Crippen molar-refractivity contribution < 1.29 is 22.0 Å². The third-order valence-electron chi connectivity index (χ3n) is 9.95. The van der Waals surface area contributed by atoms with Gasteiger partial charge in [-0.15, -0.1) is 0 Å². The Morgan fingerprint density at radius 3 is 2.44 bits per heavy atom. The highest BCUT2D eigenvalue weighted by molar-refractivity contribution is 7.90. The van der Waals surface area contributed by atoms with E-state index in [9.17, 15) is 17.6 Å². The molecular formula is C28H42FNO4SSi. The fourth-order valence-electron chi connectivity index (χ4n) is 6.57. The minimum absolute atomic E-state index is 0.0134. The number of carbonyl (C=O) groups excluding carboxylic acids is 1. The highest BCUT2D eigenvalue weighted by atomic mass is 32.2. The van der Waals surface area contributed by atoms with Gasteiger partial charge in [0.05, 0.1) is 17.9 Å². The van der Waals surface area contributed by atoms with Crippen LogP contribution < -0.4 is 0 Å². The number of nitrogens with zero attached hydrogens (tertiary/aromatic N) is 1. The lowest BCUT2D eigenvalue weighted by Gasteiger charge is -2.39. The quantitative estimate of drug-likeness (QED) is 0.292. The molecule has 3 fully saturated rings. The average molecular weight is 536 g/mol. The van der Waals surface area contributed by atoms with Gasteiger partial charge in [0.25, 0.3) is 0 Å². The van der Waals surface area contributed by atoms with E-state index >= 15 is 0 Å². The maximum Gasteiger partial charge on any atom is 0.240 e. The number of benzene rings is 1. The number of fused-ring (bicyclic) bond motifs is 1. The molecule has 2 saturated carbocycles. The molecule has 36 heavy (non-hydrogen) atoms. The summed E-state index contributed by atoms with van der Waals surface area (Å²) in [6.07, 6.45) is 6.72. The highest BCUT2D eigenvalue weighted by Gasteiger charge is 2.72. The van der Waals surface area contributed by atoms with Gasteiger partial charge in [0.2, 0.25) is 15.9 Å².